The minimum atomic E-state index is -1.61. The average molecular weight is 309 g/mol. The largest absolute Gasteiger partial charge is 0.497 e. The van der Waals surface area contributed by atoms with E-state index in [2.05, 4.69) is 5.32 Å². The number of carbonyl (C=O) groups is 2. The number of hydrogen-bond acceptors (Lipinski definition) is 5. The van der Waals surface area contributed by atoms with Crippen LogP contribution in [0.15, 0.2) is 24.3 Å². The van der Waals surface area contributed by atoms with Crippen molar-refractivity contribution in [2.75, 3.05) is 19.4 Å². The maximum absolute atomic E-state index is 12.4. The number of nitrogens with one attached hydrogen (secondary N) is 1. The molecule has 1 aliphatic heterocycles. The molecular formula is C15H19NO4S. The first-order valence-electron chi connectivity index (χ1n) is 6.74. The summed E-state index contributed by atoms with van der Waals surface area (Å²) in [5.74, 6) is 0.950. The molecule has 1 fully saturated rings. The quantitative estimate of drug-likeness (QED) is 0.852. The van der Waals surface area contributed by atoms with E-state index >= 15 is 0 Å². The number of ketones is 1. The normalized spacial score (nSPS) is 21.3. The van der Waals surface area contributed by atoms with Gasteiger partial charge in [0.15, 0.2) is 5.78 Å². The average Bonchev–Trinajstić information content (AvgIpc) is 2.49. The summed E-state index contributed by atoms with van der Waals surface area (Å²) in [5.41, 5.74) is -1.11. The van der Waals surface area contributed by atoms with E-state index in [1.54, 1.807) is 31.4 Å². The molecule has 1 amide bonds. The lowest BCUT2D eigenvalue weighted by atomic mass is 9.89. The Balaban J connectivity index is 2.09. The summed E-state index contributed by atoms with van der Waals surface area (Å²) < 4.78 is 5.06. The zero-order valence-corrected chi connectivity index (χ0v) is 12.9. The Morgan fingerprint density at radius 3 is 2.71 bits per heavy atom. The van der Waals surface area contributed by atoms with Crippen molar-refractivity contribution in [3.63, 3.8) is 0 Å². The number of hydrogen-bond donors (Lipinski definition) is 2. The van der Waals surface area contributed by atoms with Crippen molar-refractivity contribution >= 4 is 23.5 Å². The summed E-state index contributed by atoms with van der Waals surface area (Å²) in [5, 5.41) is 12.8. The van der Waals surface area contributed by atoms with Crippen LogP contribution in [0, 0.1) is 0 Å². The summed E-state index contributed by atoms with van der Waals surface area (Å²) in [4.78, 5) is 24.1. The van der Waals surface area contributed by atoms with Gasteiger partial charge in [0.25, 0.3) is 0 Å². The van der Waals surface area contributed by atoms with Gasteiger partial charge < -0.3 is 15.2 Å². The van der Waals surface area contributed by atoms with E-state index in [0.29, 0.717) is 17.9 Å². The smallest absolute Gasteiger partial charge is 0.233 e. The maximum atomic E-state index is 12.4. The number of amides is 1. The first-order chi connectivity index (χ1) is 9.95. The lowest BCUT2D eigenvalue weighted by molar-refractivity contribution is -0.138. The van der Waals surface area contributed by atoms with E-state index in [-0.39, 0.29) is 18.1 Å². The van der Waals surface area contributed by atoms with E-state index in [9.17, 15) is 14.7 Å². The molecule has 114 valence electrons. The SMILES string of the molecule is COc1ccc(C(C)(O)C(=O)CC2SCCNC2=O)cc1. The number of methoxy groups -OCH3 is 1. The Kier molecular flexibility index (Phi) is 4.90. The van der Waals surface area contributed by atoms with Crippen LogP contribution in [0.3, 0.4) is 0 Å². The molecule has 2 N–H and O–H groups in total. The van der Waals surface area contributed by atoms with Crippen molar-refractivity contribution in [1.29, 1.82) is 0 Å². The Labute approximate surface area is 128 Å². The van der Waals surface area contributed by atoms with Gasteiger partial charge in [0, 0.05) is 18.7 Å². The molecule has 6 heteroatoms. The lowest BCUT2D eigenvalue weighted by Gasteiger charge is -2.26. The summed E-state index contributed by atoms with van der Waals surface area (Å²) >= 11 is 1.45. The Morgan fingerprint density at radius 2 is 2.14 bits per heavy atom. The Bertz CT molecular complexity index is 527. The number of benzene rings is 1. The third-order valence-corrected chi connectivity index (χ3v) is 4.80. The summed E-state index contributed by atoms with van der Waals surface area (Å²) in [6.45, 7) is 2.09. The van der Waals surface area contributed by atoms with E-state index in [4.69, 9.17) is 4.74 Å². The van der Waals surface area contributed by atoms with Crippen LogP contribution in [0.2, 0.25) is 0 Å². The van der Waals surface area contributed by atoms with Gasteiger partial charge in [0.1, 0.15) is 11.4 Å². The Hall–Kier alpha value is -1.53. The third kappa shape index (κ3) is 3.57. The molecule has 5 nitrogen and oxygen atoms in total. The number of carbonyl (C=O) groups excluding carboxylic acids is 2. The van der Waals surface area contributed by atoms with Crippen molar-refractivity contribution in [2.24, 2.45) is 0 Å². The van der Waals surface area contributed by atoms with Crippen molar-refractivity contribution in [3.05, 3.63) is 29.8 Å². The molecule has 2 atom stereocenters. The second-order valence-corrected chi connectivity index (χ2v) is 6.39. The molecule has 0 aromatic heterocycles. The highest BCUT2D eigenvalue weighted by Gasteiger charge is 2.36. The predicted molar refractivity (Wildman–Crippen MR) is 81.4 cm³/mol. The highest BCUT2D eigenvalue weighted by atomic mass is 32.2. The second-order valence-electron chi connectivity index (χ2n) is 5.08. The second kappa shape index (κ2) is 6.49. The number of aliphatic hydroxyl groups is 1. The number of rotatable bonds is 5. The van der Waals surface area contributed by atoms with E-state index in [1.165, 1.54) is 18.7 Å². The van der Waals surface area contributed by atoms with Crippen LogP contribution >= 0.6 is 11.8 Å². The monoisotopic (exact) mass is 309 g/mol. The van der Waals surface area contributed by atoms with Gasteiger partial charge in [-0.2, -0.15) is 0 Å². The molecule has 1 aromatic rings. The number of thioether (sulfide) groups is 1. The molecule has 0 spiro atoms. The molecule has 1 heterocycles. The van der Waals surface area contributed by atoms with Crippen LogP contribution in [0.5, 0.6) is 5.75 Å². The first kappa shape index (κ1) is 15.9. The third-order valence-electron chi connectivity index (χ3n) is 3.58. The van der Waals surface area contributed by atoms with E-state index in [0.717, 1.165) is 5.75 Å². The topological polar surface area (TPSA) is 75.6 Å². The highest BCUT2D eigenvalue weighted by molar-refractivity contribution is 8.00. The van der Waals surface area contributed by atoms with Crippen molar-refractivity contribution in [1.82, 2.24) is 5.32 Å². The molecular weight excluding hydrogens is 290 g/mol. The van der Waals surface area contributed by atoms with Gasteiger partial charge in [-0.3, -0.25) is 9.59 Å². The molecule has 21 heavy (non-hydrogen) atoms. The minimum Gasteiger partial charge on any atom is -0.497 e. The molecule has 1 aliphatic rings. The highest BCUT2D eigenvalue weighted by Crippen LogP contribution is 2.28. The van der Waals surface area contributed by atoms with Crippen molar-refractivity contribution in [2.45, 2.75) is 24.2 Å². The fraction of sp³-hybridized carbons (Fsp3) is 0.467. The van der Waals surface area contributed by atoms with Crippen LogP contribution in [-0.4, -0.2) is 41.5 Å². The molecule has 2 unspecified atom stereocenters. The number of Topliss-reactive ketones (excluding diaryl/α,β-unsaturated/α-hetero) is 1. The van der Waals surface area contributed by atoms with Gasteiger partial charge >= 0.3 is 0 Å². The standard InChI is InChI=1S/C15H19NO4S/c1-15(19,10-3-5-11(20-2)6-4-10)13(17)9-12-14(18)16-7-8-21-12/h3-6,12,19H,7-9H2,1-2H3,(H,16,18). The number of ether oxygens (including phenoxy) is 1. The first-order valence-corrected chi connectivity index (χ1v) is 7.79. The van der Waals surface area contributed by atoms with Crippen molar-refractivity contribution in [3.8, 4) is 5.75 Å². The predicted octanol–water partition coefficient (Wildman–Crippen LogP) is 1.09. The molecule has 1 aromatic carbocycles. The molecule has 0 saturated carbocycles. The summed E-state index contributed by atoms with van der Waals surface area (Å²) in [6.07, 6.45) is 0.0233. The van der Waals surface area contributed by atoms with Crippen LogP contribution in [0.4, 0.5) is 0 Å². The van der Waals surface area contributed by atoms with Gasteiger partial charge in [-0.15, -0.1) is 11.8 Å². The van der Waals surface area contributed by atoms with Gasteiger partial charge in [-0.25, -0.2) is 0 Å². The van der Waals surface area contributed by atoms with Crippen LogP contribution in [-0.2, 0) is 15.2 Å². The van der Waals surface area contributed by atoms with Crippen LogP contribution in [0.25, 0.3) is 0 Å². The van der Waals surface area contributed by atoms with Crippen LogP contribution in [0.1, 0.15) is 18.9 Å². The van der Waals surface area contributed by atoms with Gasteiger partial charge in [-0.05, 0) is 24.6 Å². The molecule has 0 bridgehead atoms. The minimum absolute atomic E-state index is 0.0233. The molecule has 0 radical (unpaired) electrons. The summed E-state index contributed by atoms with van der Waals surface area (Å²) in [7, 11) is 1.55. The lowest BCUT2D eigenvalue weighted by Crippen LogP contribution is -2.43. The molecule has 0 aliphatic carbocycles. The van der Waals surface area contributed by atoms with Gasteiger partial charge in [0.2, 0.25) is 5.91 Å². The van der Waals surface area contributed by atoms with Crippen LogP contribution < -0.4 is 10.1 Å². The zero-order valence-electron chi connectivity index (χ0n) is 12.1. The van der Waals surface area contributed by atoms with Gasteiger partial charge in [0.05, 0.1) is 12.4 Å². The van der Waals surface area contributed by atoms with Crippen molar-refractivity contribution < 1.29 is 19.4 Å². The van der Waals surface area contributed by atoms with E-state index in [1.807, 2.05) is 0 Å². The van der Waals surface area contributed by atoms with Gasteiger partial charge in [-0.1, -0.05) is 12.1 Å². The Morgan fingerprint density at radius 1 is 1.48 bits per heavy atom. The zero-order chi connectivity index (χ0) is 15.5. The molecule has 2 rings (SSSR count). The van der Waals surface area contributed by atoms with E-state index < -0.39 is 10.9 Å². The fourth-order valence-corrected chi connectivity index (χ4v) is 3.17. The maximum Gasteiger partial charge on any atom is 0.233 e. The molecule has 1 saturated heterocycles. The fourth-order valence-electron chi connectivity index (χ4n) is 2.16. The summed E-state index contributed by atoms with van der Waals surface area (Å²) in [6, 6.07) is 6.70.